The number of carbonyl (C=O) groups excluding carboxylic acids is 1. The standard InChI is InChI=1S/C16H13BrCl3NO3/c1-23-12-6-2-10(3-7-12)14(22)21-15(16(18,19)20)24-13-8-4-11(17)5-9-13/h2-9,15H,1H3,(H,21,22). The van der Waals surface area contributed by atoms with Crippen LogP contribution in [0, 0.1) is 0 Å². The van der Waals surface area contributed by atoms with E-state index in [-0.39, 0.29) is 0 Å². The monoisotopic (exact) mass is 451 g/mol. The molecule has 0 spiro atoms. The average molecular weight is 454 g/mol. The number of nitrogens with one attached hydrogen (secondary N) is 1. The van der Waals surface area contributed by atoms with Gasteiger partial charge in [-0.1, -0.05) is 50.7 Å². The van der Waals surface area contributed by atoms with Crippen molar-refractivity contribution in [1.82, 2.24) is 5.32 Å². The van der Waals surface area contributed by atoms with Crippen molar-refractivity contribution in [3.05, 3.63) is 58.6 Å². The van der Waals surface area contributed by atoms with E-state index in [2.05, 4.69) is 21.2 Å². The summed E-state index contributed by atoms with van der Waals surface area (Å²) in [5, 5.41) is 2.56. The van der Waals surface area contributed by atoms with Gasteiger partial charge in [0.2, 0.25) is 10.0 Å². The molecule has 0 aliphatic rings. The maximum Gasteiger partial charge on any atom is 0.254 e. The van der Waals surface area contributed by atoms with E-state index in [0.717, 1.165) is 4.47 Å². The maximum atomic E-state index is 12.3. The molecule has 4 nitrogen and oxygen atoms in total. The van der Waals surface area contributed by atoms with Gasteiger partial charge in [-0.2, -0.15) is 0 Å². The molecule has 2 rings (SSSR count). The highest BCUT2D eigenvalue weighted by Crippen LogP contribution is 2.32. The molecule has 0 bridgehead atoms. The summed E-state index contributed by atoms with van der Waals surface area (Å²) in [5.74, 6) is 0.645. The van der Waals surface area contributed by atoms with Crippen molar-refractivity contribution in [2.45, 2.75) is 10.0 Å². The topological polar surface area (TPSA) is 47.6 Å². The highest BCUT2D eigenvalue weighted by Gasteiger charge is 2.36. The number of halogens is 4. The summed E-state index contributed by atoms with van der Waals surface area (Å²) >= 11 is 21.1. The molecular formula is C16H13BrCl3NO3. The number of methoxy groups -OCH3 is 1. The highest BCUT2D eigenvalue weighted by molar-refractivity contribution is 9.10. The quantitative estimate of drug-likeness (QED) is 0.514. The number of benzene rings is 2. The number of carbonyl (C=O) groups is 1. The first-order chi connectivity index (χ1) is 11.3. The first-order valence-corrected chi connectivity index (χ1v) is 8.66. The van der Waals surface area contributed by atoms with Crippen LogP contribution in [0.1, 0.15) is 10.4 Å². The van der Waals surface area contributed by atoms with E-state index in [9.17, 15) is 4.79 Å². The third-order valence-electron chi connectivity index (χ3n) is 2.98. The Labute approximate surface area is 163 Å². The van der Waals surface area contributed by atoms with Crippen molar-refractivity contribution in [2.24, 2.45) is 0 Å². The van der Waals surface area contributed by atoms with Gasteiger partial charge in [0.25, 0.3) is 5.91 Å². The Hall–Kier alpha value is -1.14. The summed E-state index contributed by atoms with van der Waals surface area (Å²) in [5.41, 5.74) is 0.384. The molecule has 1 atom stereocenters. The van der Waals surface area contributed by atoms with Crippen LogP contribution in [0.2, 0.25) is 0 Å². The van der Waals surface area contributed by atoms with Crippen molar-refractivity contribution < 1.29 is 14.3 Å². The number of alkyl halides is 3. The Morgan fingerprint density at radius 2 is 1.58 bits per heavy atom. The lowest BCUT2D eigenvalue weighted by Gasteiger charge is -2.26. The zero-order valence-electron chi connectivity index (χ0n) is 12.4. The number of amides is 1. The van der Waals surface area contributed by atoms with Crippen LogP contribution in [0.3, 0.4) is 0 Å². The van der Waals surface area contributed by atoms with Crippen molar-refractivity contribution in [1.29, 1.82) is 0 Å². The molecule has 0 aliphatic heterocycles. The van der Waals surface area contributed by atoms with E-state index in [4.69, 9.17) is 44.3 Å². The minimum atomic E-state index is -1.85. The van der Waals surface area contributed by atoms with Crippen LogP contribution in [0.15, 0.2) is 53.0 Å². The Bertz CT molecular complexity index is 687. The van der Waals surface area contributed by atoms with Crippen LogP contribution in [0.4, 0.5) is 0 Å². The number of ether oxygens (including phenoxy) is 2. The van der Waals surface area contributed by atoms with Gasteiger partial charge >= 0.3 is 0 Å². The van der Waals surface area contributed by atoms with E-state index in [1.54, 1.807) is 55.6 Å². The summed E-state index contributed by atoms with van der Waals surface area (Å²) in [6, 6.07) is 13.4. The average Bonchev–Trinajstić information content (AvgIpc) is 2.55. The zero-order valence-corrected chi connectivity index (χ0v) is 16.3. The van der Waals surface area contributed by atoms with Gasteiger partial charge in [0.15, 0.2) is 0 Å². The van der Waals surface area contributed by atoms with Crippen molar-refractivity contribution in [2.75, 3.05) is 7.11 Å². The SMILES string of the molecule is COc1ccc(C(=O)NC(Oc2ccc(Br)cc2)C(Cl)(Cl)Cl)cc1. The molecule has 128 valence electrons. The van der Waals surface area contributed by atoms with Crippen LogP contribution in [-0.2, 0) is 0 Å². The predicted molar refractivity (Wildman–Crippen MR) is 99.3 cm³/mol. The number of hydrogen-bond acceptors (Lipinski definition) is 3. The van der Waals surface area contributed by atoms with Crippen LogP contribution in [0.5, 0.6) is 11.5 Å². The fourth-order valence-electron chi connectivity index (χ4n) is 1.77. The van der Waals surface area contributed by atoms with E-state index in [1.165, 1.54) is 0 Å². The zero-order chi connectivity index (χ0) is 17.7. The first-order valence-electron chi connectivity index (χ1n) is 6.73. The molecule has 1 unspecified atom stereocenters. The molecule has 1 N–H and O–H groups in total. The molecule has 2 aromatic carbocycles. The second-order valence-electron chi connectivity index (χ2n) is 4.70. The molecule has 0 saturated carbocycles. The molecule has 0 aromatic heterocycles. The molecule has 1 amide bonds. The molecule has 8 heteroatoms. The Kier molecular flexibility index (Phi) is 6.63. The molecule has 24 heavy (non-hydrogen) atoms. The van der Waals surface area contributed by atoms with Gasteiger partial charge in [0.05, 0.1) is 7.11 Å². The normalized spacial score (nSPS) is 12.4. The van der Waals surface area contributed by atoms with Gasteiger partial charge in [-0.3, -0.25) is 4.79 Å². The highest BCUT2D eigenvalue weighted by atomic mass is 79.9. The molecular weight excluding hydrogens is 440 g/mol. The second kappa shape index (κ2) is 8.30. The summed E-state index contributed by atoms with van der Waals surface area (Å²) < 4.78 is 9.67. The van der Waals surface area contributed by atoms with Gasteiger partial charge in [-0.25, -0.2) is 0 Å². The minimum absolute atomic E-state index is 0.384. The lowest BCUT2D eigenvalue weighted by atomic mass is 10.2. The predicted octanol–water partition coefficient (Wildman–Crippen LogP) is 4.96. The molecule has 0 heterocycles. The molecule has 0 fully saturated rings. The lowest BCUT2D eigenvalue weighted by molar-refractivity contribution is 0.0833. The van der Waals surface area contributed by atoms with Gasteiger partial charge in [0, 0.05) is 10.0 Å². The summed E-state index contributed by atoms with van der Waals surface area (Å²) in [4.78, 5) is 12.3. The van der Waals surface area contributed by atoms with Crippen LogP contribution in [-0.4, -0.2) is 23.0 Å². The summed E-state index contributed by atoms with van der Waals surface area (Å²) in [7, 11) is 1.54. The molecule has 0 saturated heterocycles. The Morgan fingerprint density at radius 3 is 2.08 bits per heavy atom. The summed E-state index contributed by atoms with van der Waals surface area (Å²) in [6.07, 6.45) is -1.17. The molecule has 0 radical (unpaired) electrons. The van der Waals surface area contributed by atoms with E-state index in [1.807, 2.05) is 0 Å². The van der Waals surface area contributed by atoms with Gasteiger partial charge in [-0.05, 0) is 48.5 Å². The van der Waals surface area contributed by atoms with Crippen molar-refractivity contribution in [3.8, 4) is 11.5 Å². The van der Waals surface area contributed by atoms with Gasteiger partial charge in [-0.15, -0.1) is 0 Å². The third kappa shape index (κ3) is 5.45. The minimum Gasteiger partial charge on any atom is -0.497 e. The Morgan fingerprint density at radius 1 is 1.04 bits per heavy atom. The van der Waals surface area contributed by atoms with E-state index < -0.39 is 15.9 Å². The number of rotatable bonds is 5. The van der Waals surface area contributed by atoms with Gasteiger partial charge in [0.1, 0.15) is 11.5 Å². The maximum absolute atomic E-state index is 12.3. The molecule has 2 aromatic rings. The third-order valence-corrected chi connectivity index (χ3v) is 4.10. The smallest absolute Gasteiger partial charge is 0.254 e. The second-order valence-corrected chi connectivity index (χ2v) is 7.98. The van der Waals surface area contributed by atoms with E-state index >= 15 is 0 Å². The van der Waals surface area contributed by atoms with Gasteiger partial charge < -0.3 is 14.8 Å². The lowest BCUT2D eigenvalue weighted by Crippen LogP contribution is -2.47. The van der Waals surface area contributed by atoms with E-state index in [0.29, 0.717) is 17.1 Å². The van der Waals surface area contributed by atoms with Crippen molar-refractivity contribution in [3.63, 3.8) is 0 Å². The van der Waals surface area contributed by atoms with Crippen molar-refractivity contribution >= 4 is 56.6 Å². The Balaban J connectivity index is 2.13. The molecule has 0 aliphatic carbocycles. The largest absolute Gasteiger partial charge is 0.497 e. The fourth-order valence-corrected chi connectivity index (χ4v) is 2.33. The van der Waals surface area contributed by atoms with Crippen LogP contribution >= 0.6 is 50.7 Å². The first kappa shape index (κ1) is 19.2. The fraction of sp³-hybridized carbons (Fsp3) is 0.188. The van der Waals surface area contributed by atoms with Crippen LogP contribution in [0.25, 0.3) is 0 Å². The van der Waals surface area contributed by atoms with Crippen LogP contribution < -0.4 is 14.8 Å². The number of hydrogen-bond donors (Lipinski definition) is 1. The summed E-state index contributed by atoms with van der Waals surface area (Å²) in [6.45, 7) is 0.